The molecule has 110 valence electrons. The molecule has 1 saturated carbocycles. The molecule has 3 rings (SSSR count). The van der Waals surface area contributed by atoms with Gasteiger partial charge < -0.3 is 5.32 Å². The summed E-state index contributed by atoms with van der Waals surface area (Å²) in [6.07, 6.45) is 8.02. The van der Waals surface area contributed by atoms with Crippen LogP contribution >= 0.6 is 7.92 Å². The van der Waals surface area contributed by atoms with E-state index in [1.54, 1.807) is 0 Å². The van der Waals surface area contributed by atoms with E-state index in [2.05, 4.69) is 66.0 Å². The summed E-state index contributed by atoms with van der Waals surface area (Å²) in [5, 5.41) is 6.80. The molecule has 21 heavy (non-hydrogen) atoms. The van der Waals surface area contributed by atoms with Gasteiger partial charge in [-0.2, -0.15) is 0 Å². The highest BCUT2D eigenvalue weighted by Crippen LogP contribution is 2.32. The van der Waals surface area contributed by atoms with Crippen molar-refractivity contribution in [2.75, 3.05) is 6.29 Å². The number of benzene rings is 2. The summed E-state index contributed by atoms with van der Waals surface area (Å²) in [6.45, 7) is 0. The molecule has 0 aromatic heterocycles. The fourth-order valence-corrected chi connectivity index (χ4v) is 5.24. The lowest BCUT2D eigenvalue weighted by Gasteiger charge is -2.26. The summed E-state index contributed by atoms with van der Waals surface area (Å²) in [6, 6.07) is 22.7. The highest BCUT2D eigenvalue weighted by atomic mass is 31.1. The standard InChI is InChI=1S/C19H24NP/c1-4-10-17(11-5-1)20-16-21(18-12-6-2-7-13-18)19-14-8-3-9-15-19/h2-3,6-9,12-15,17,20H,1,4-5,10-11,16H2. The lowest BCUT2D eigenvalue weighted by Crippen LogP contribution is -2.33. The molecule has 2 heteroatoms. The smallest absolute Gasteiger partial charge is 0.0240 e. The maximum atomic E-state index is 3.85. The van der Waals surface area contributed by atoms with E-state index in [1.807, 2.05) is 0 Å². The third kappa shape index (κ3) is 4.15. The Bertz CT molecular complexity index is 480. The Morgan fingerprint density at radius 1 is 0.762 bits per heavy atom. The Balaban J connectivity index is 1.73. The van der Waals surface area contributed by atoms with E-state index in [0.29, 0.717) is 0 Å². The minimum absolute atomic E-state index is 0.287. The second-order valence-electron chi connectivity index (χ2n) is 5.80. The third-order valence-electron chi connectivity index (χ3n) is 4.28. The van der Waals surface area contributed by atoms with Crippen molar-refractivity contribution in [1.29, 1.82) is 0 Å². The molecule has 1 aliphatic carbocycles. The molecule has 0 radical (unpaired) electrons. The molecule has 0 spiro atoms. The van der Waals surface area contributed by atoms with Gasteiger partial charge in [0.25, 0.3) is 0 Å². The Hall–Kier alpha value is -1.17. The summed E-state index contributed by atoms with van der Waals surface area (Å²) in [4.78, 5) is 0. The Morgan fingerprint density at radius 2 is 1.29 bits per heavy atom. The first kappa shape index (κ1) is 14.8. The van der Waals surface area contributed by atoms with E-state index >= 15 is 0 Å². The molecule has 0 unspecified atom stereocenters. The first-order valence-electron chi connectivity index (χ1n) is 8.04. The van der Waals surface area contributed by atoms with Gasteiger partial charge in [-0.05, 0) is 31.4 Å². The average Bonchev–Trinajstić information content (AvgIpc) is 2.58. The maximum absolute atomic E-state index is 3.85. The van der Waals surface area contributed by atoms with Crippen molar-refractivity contribution in [1.82, 2.24) is 5.32 Å². The molecule has 2 aromatic rings. The Labute approximate surface area is 129 Å². The first-order valence-corrected chi connectivity index (χ1v) is 9.57. The summed E-state index contributed by atoms with van der Waals surface area (Å²) in [5.41, 5.74) is 0. The van der Waals surface area contributed by atoms with Gasteiger partial charge in [0.1, 0.15) is 0 Å². The van der Waals surface area contributed by atoms with E-state index in [0.717, 1.165) is 12.3 Å². The molecule has 2 aromatic carbocycles. The first-order chi connectivity index (χ1) is 10.4. The van der Waals surface area contributed by atoms with Crippen LogP contribution in [0.4, 0.5) is 0 Å². The number of hydrogen-bond donors (Lipinski definition) is 1. The minimum Gasteiger partial charge on any atom is -0.309 e. The molecule has 0 amide bonds. The Morgan fingerprint density at radius 3 is 1.81 bits per heavy atom. The van der Waals surface area contributed by atoms with Crippen LogP contribution in [0.5, 0.6) is 0 Å². The lowest BCUT2D eigenvalue weighted by atomic mass is 9.96. The topological polar surface area (TPSA) is 12.0 Å². The molecule has 0 heterocycles. The molecule has 0 saturated heterocycles. The van der Waals surface area contributed by atoms with Crippen molar-refractivity contribution in [3.05, 3.63) is 60.7 Å². The van der Waals surface area contributed by atoms with Gasteiger partial charge in [-0.25, -0.2) is 0 Å². The van der Waals surface area contributed by atoms with E-state index in [1.165, 1.54) is 42.7 Å². The van der Waals surface area contributed by atoms with Gasteiger partial charge in [0, 0.05) is 12.3 Å². The van der Waals surface area contributed by atoms with Crippen molar-refractivity contribution in [2.24, 2.45) is 0 Å². The molecular weight excluding hydrogens is 273 g/mol. The molecule has 0 atom stereocenters. The molecule has 1 N–H and O–H groups in total. The van der Waals surface area contributed by atoms with Gasteiger partial charge in [0.15, 0.2) is 0 Å². The van der Waals surface area contributed by atoms with Crippen LogP contribution in [-0.2, 0) is 0 Å². The van der Waals surface area contributed by atoms with E-state index in [9.17, 15) is 0 Å². The number of hydrogen-bond acceptors (Lipinski definition) is 1. The van der Waals surface area contributed by atoms with Crippen LogP contribution in [0.25, 0.3) is 0 Å². The zero-order chi connectivity index (χ0) is 14.3. The monoisotopic (exact) mass is 297 g/mol. The van der Waals surface area contributed by atoms with Gasteiger partial charge in [-0.15, -0.1) is 0 Å². The predicted molar refractivity (Wildman–Crippen MR) is 93.9 cm³/mol. The average molecular weight is 297 g/mol. The molecule has 1 aliphatic rings. The maximum Gasteiger partial charge on any atom is 0.0240 e. The van der Waals surface area contributed by atoms with E-state index < -0.39 is 0 Å². The molecule has 1 nitrogen and oxygen atoms in total. The van der Waals surface area contributed by atoms with Crippen LogP contribution in [0.1, 0.15) is 32.1 Å². The van der Waals surface area contributed by atoms with Crippen molar-refractivity contribution in [3.8, 4) is 0 Å². The Kier molecular flexibility index (Phi) is 5.43. The van der Waals surface area contributed by atoms with Crippen LogP contribution in [0, 0.1) is 0 Å². The number of rotatable bonds is 5. The summed E-state index contributed by atoms with van der Waals surface area (Å²) < 4.78 is 0. The SMILES string of the molecule is c1ccc(P(CNC2CCCCC2)c2ccccc2)cc1. The molecular formula is C19H24NP. The van der Waals surface area contributed by atoms with Crippen LogP contribution in [0.3, 0.4) is 0 Å². The van der Waals surface area contributed by atoms with Gasteiger partial charge in [0.2, 0.25) is 0 Å². The zero-order valence-electron chi connectivity index (χ0n) is 12.5. The quantitative estimate of drug-likeness (QED) is 0.823. The van der Waals surface area contributed by atoms with Crippen LogP contribution < -0.4 is 15.9 Å². The minimum atomic E-state index is -0.287. The highest BCUT2D eigenvalue weighted by Gasteiger charge is 2.17. The van der Waals surface area contributed by atoms with Gasteiger partial charge in [0.05, 0.1) is 0 Å². The lowest BCUT2D eigenvalue weighted by molar-refractivity contribution is 0.390. The van der Waals surface area contributed by atoms with Crippen molar-refractivity contribution in [2.45, 2.75) is 38.1 Å². The van der Waals surface area contributed by atoms with E-state index in [4.69, 9.17) is 0 Å². The van der Waals surface area contributed by atoms with Crippen molar-refractivity contribution >= 4 is 18.5 Å². The fraction of sp³-hybridized carbons (Fsp3) is 0.368. The van der Waals surface area contributed by atoms with Gasteiger partial charge in [-0.1, -0.05) is 79.9 Å². The fourth-order valence-electron chi connectivity index (χ4n) is 3.07. The summed E-state index contributed by atoms with van der Waals surface area (Å²) in [5.74, 6) is 0. The predicted octanol–water partition coefficient (Wildman–Crippen LogP) is 4.00. The molecule has 0 bridgehead atoms. The second kappa shape index (κ2) is 7.73. The van der Waals surface area contributed by atoms with Gasteiger partial charge >= 0.3 is 0 Å². The highest BCUT2D eigenvalue weighted by molar-refractivity contribution is 7.72. The largest absolute Gasteiger partial charge is 0.309 e. The van der Waals surface area contributed by atoms with Crippen molar-refractivity contribution < 1.29 is 0 Å². The third-order valence-corrected chi connectivity index (χ3v) is 6.62. The number of nitrogens with one attached hydrogen (secondary N) is 1. The van der Waals surface area contributed by atoms with Crippen LogP contribution in [0.15, 0.2) is 60.7 Å². The van der Waals surface area contributed by atoms with Crippen LogP contribution in [-0.4, -0.2) is 12.3 Å². The summed E-state index contributed by atoms with van der Waals surface area (Å²) >= 11 is 0. The van der Waals surface area contributed by atoms with Crippen LogP contribution in [0.2, 0.25) is 0 Å². The molecule has 0 aliphatic heterocycles. The van der Waals surface area contributed by atoms with Crippen molar-refractivity contribution in [3.63, 3.8) is 0 Å². The van der Waals surface area contributed by atoms with E-state index in [-0.39, 0.29) is 7.92 Å². The second-order valence-corrected chi connectivity index (χ2v) is 8.00. The normalized spacial score (nSPS) is 16.2. The van der Waals surface area contributed by atoms with Gasteiger partial charge in [-0.3, -0.25) is 0 Å². The zero-order valence-corrected chi connectivity index (χ0v) is 13.4. The molecule has 1 fully saturated rings. The summed E-state index contributed by atoms with van der Waals surface area (Å²) in [7, 11) is -0.287.